The molecule has 6 heteroatoms. The summed E-state index contributed by atoms with van der Waals surface area (Å²) in [6.45, 7) is 0. The average Bonchev–Trinajstić information content (AvgIpc) is 2.43. The van der Waals surface area contributed by atoms with Gasteiger partial charge in [-0.2, -0.15) is 0 Å². The summed E-state index contributed by atoms with van der Waals surface area (Å²) in [4.78, 5) is 0. The highest BCUT2D eigenvalue weighted by molar-refractivity contribution is 5.98. The van der Waals surface area contributed by atoms with Gasteiger partial charge in [0, 0.05) is 5.56 Å². The van der Waals surface area contributed by atoms with E-state index in [0.29, 0.717) is 5.92 Å². The van der Waals surface area contributed by atoms with Crippen LogP contribution in [-0.2, 0) is 12.8 Å². The molecule has 0 spiro atoms. The summed E-state index contributed by atoms with van der Waals surface area (Å²) < 4.78 is 0. The van der Waals surface area contributed by atoms with E-state index in [0.717, 1.165) is 29.5 Å². The van der Waals surface area contributed by atoms with Crippen molar-refractivity contribution >= 4 is 36.5 Å². The van der Waals surface area contributed by atoms with Crippen LogP contribution in [0.4, 0.5) is 0 Å². The third-order valence-electron chi connectivity index (χ3n) is 4.30. The number of hydrogen-bond acceptors (Lipinski definition) is 2. The number of hydrogen-bond donors (Lipinski definition) is 4. The van der Waals surface area contributed by atoms with Gasteiger partial charge in [0.25, 0.3) is 0 Å². The molecule has 4 nitrogen and oxygen atoms in total. The minimum Gasteiger partial charge on any atom is -0.384 e. The van der Waals surface area contributed by atoms with Crippen molar-refractivity contribution in [1.29, 1.82) is 10.8 Å². The predicted octanol–water partition coefficient (Wildman–Crippen LogP) is 2.58. The van der Waals surface area contributed by atoms with Gasteiger partial charge in [0.1, 0.15) is 11.7 Å². The molecule has 1 aromatic carbocycles. The highest BCUT2D eigenvalue weighted by Gasteiger charge is 2.33. The van der Waals surface area contributed by atoms with Gasteiger partial charge < -0.3 is 11.5 Å². The first-order valence-electron chi connectivity index (χ1n) is 6.76. The number of nitrogens with two attached hydrogens (primary N) is 2. The van der Waals surface area contributed by atoms with Crippen LogP contribution in [0, 0.1) is 22.7 Å². The van der Waals surface area contributed by atoms with Gasteiger partial charge in [-0.25, -0.2) is 0 Å². The topological polar surface area (TPSA) is 99.7 Å². The first-order valence-corrected chi connectivity index (χ1v) is 6.76. The van der Waals surface area contributed by atoms with Crippen molar-refractivity contribution in [3.63, 3.8) is 0 Å². The lowest BCUT2D eigenvalue weighted by atomic mass is 9.69. The van der Waals surface area contributed by atoms with E-state index in [9.17, 15) is 0 Å². The minimum absolute atomic E-state index is 0. The second kappa shape index (κ2) is 6.99. The van der Waals surface area contributed by atoms with E-state index in [4.69, 9.17) is 22.3 Å². The highest BCUT2D eigenvalue weighted by atomic mass is 35.5. The van der Waals surface area contributed by atoms with Crippen molar-refractivity contribution in [2.24, 2.45) is 23.3 Å². The molecule has 0 amide bonds. The van der Waals surface area contributed by atoms with E-state index in [1.165, 1.54) is 5.56 Å². The Morgan fingerprint density at radius 2 is 1.77 bits per heavy atom. The van der Waals surface area contributed by atoms with E-state index in [2.05, 4.69) is 12.1 Å². The van der Waals surface area contributed by atoms with E-state index in [1.807, 2.05) is 24.3 Å². The minimum atomic E-state index is 0. The number of benzene rings is 1. The first-order chi connectivity index (χ1) is 9.58. The van der Waals surface area contributed by atoms with Crippen LogP contribution in [0.25, 0.3) is 0 Å². The lowest BCUT2D eigenvalue weighted by Crippen LogP contribution is -2.33. The van der Waals surface area contributed by atoms with Gasteiger partial charge in [0.05, 0.1) is 0 Å². The molecule has 0 fully saturated rings. The molecule has 0 heterocycles. The Labute approximate surface area is 142 Å². The van der Waals surface area contributed by atoms with E-state index < -0.39 is 0 Å². The lowest BCUT2D eigenvalue weighted by Gasteiger charge is -2.35. The Morgan fingerprint density at radius 3 is 2.41 bits per heavy atom. The summed E-state index contributed by atoms with van der Waals surface area (Å²) in [5.74, 6) is 0.868. The zero-order valence-electron chi connectivity index (χ0n) is 12.0. The van der Waals surface area contributed by atoms with Crippen molar-refractivity contribution in [3.05, 3.63) is 58.7 Å². The third-order valence-corrected chi connectivity index (χ3v) is 4.30. The van der Waals surface area contributed by atoms with Crippen LogP contribution in [0.2, 0.25) is 0 Å². The summed E-state index contributed by atoms with van der Waals surface area (Å²) >= 11 is 0. The van der Waals surface area contributed by atoms with E-state index in [1.54, 1.807) is 0 Å². The van der Waals surface area contributed by atoms with Crippen molar-refractivity contribution < 1.29 is 0 Å². The van der Waals surface area contributed by atoms with Crippen LogP contribution in [0.15, 0.2) is 42.0 Å². The third kappa shape index (κ3) is 3.03. The van der Waals surface area contributed by atoms with Crippen molar-refractivity contribution in [2.45, 2.75) is 12.8 Å². The average molecular weight is 339 g/mol. The lowest BCUT2D eigenvalue weighted by molar-refractivity contribution is 0.426. The molecule has 2 aliphatic carbocycles. The number of fused-ring (bicyclic) bond motifs is 2. The molecule has 3 rings (SSSR count). The normalized spacial score (nSPS) is 21.4. The van der Waals surface area contributed by atoms with Crippen LogP contribution >= 0.6 is 24.8 Å². The number of allylic oxidation sites excluding steroid dienone is 3. The Bertz CT molecular complexity index is 664. The van der Waals surface area contributed by atoms with Crippen LogP contribution < -0.4 is 11.5 Å². The Balaban J connectivity index is 0.00000121. The predicted molar refractivity (Wildman–Crippen MR) is 95.5 cm³/mol. The van der Waals surface area contributed by atoms with Gasteiger partial charge in [0.15, 0.2) is 0 Å². The number of nitrogens with one attached hydrogen (secondary N) is 2. The van der Waals surface area contributed by atoms with Gasteiger partial charge in [-0.05, 0) is 41.4 Å². The second-order valence-electron chi connectivity index (χ2n) is 5.46. The molecule has 118 valence electrons. The van der Waals surface area contributed by atoms with Crippen molar-refractivity contribution in [2.75, 3.05) is 0 Å². The van der Waals surface area contributed by atoms with Gasteiger partial charge in [-0.3, -0.25) is 10.8 Å². The Hall–Kier alpha value is -1.78. The molecule has 0 saturated heterocycles. The quantitative estimate of drug-likeness (QED) is 0.492. The largest absolute Gasteiger partial charge is 0.384 e. The Kier molecular flexibility index (Phi) is 5.80. The number of amidine groups is 2. The fourth-order valence-electron chi connectivity index (χ4n) is 3.34. The van der Waals surface area contributed by atoms with Crippen LogP contribution in [0.1, 0.15) is 16.7 Å². The standard InChI is InChI=1S/C16H18N4.2ClH/c17-15(18)11-5-1-3-9-7-10-4-2-6-12(16(19)20)14(10)8-13(9)11;;/h1-6,9,13H,7-8H2,(H3,17,18)(H3,19,20);2*1H. The summed E-state index contributed by atoms with van der Waals surface area (Å²) in [5, 5.41) is 15.5. The maximum atomic E-state index is 7.74. The van der Waals surface area contributed by atoms with Crippen LogP contribution in [-0.4, -0.2) is 11.7 Å². The maximum Gasteiger partial charge on any atom is 0.123 e. The zero-order valence-corrected chi connectivity index (χ0v) is 13.6. The molecular weight excluding hydrogens is 319 g/mol. The molecule has 2 unspecified atom stereocenters. The summed E-state index contributed by atoms with van der Waals surface area (Å²) in [6, 6.07) is 5.97. The van der Waals surface area contributed by atoms with E-state index in [-0.39, 0.29) is 42.4 Å². The molecule has 2 aliphatic rings. The molecule has 6 N–H and O–H groups in total. The number of nitrogen functional groups attached to an aromatic ring is 1. The number of rotatable bonds is 2. The fourth-order valence-corrected chi connectivity index (χ4v) is 3.34. The van der Waals surface area contributed by atoms with Gasteiger partial charge in [-0.15, -0.1) is 24.8 Å². The zero-order chi connectivity index (χ0) is 14.3. The van der Waals surface area contributed by atoms with Gasteiger partial charge in [-0.1, -0.05) is 36.4 Å². The molecule has 0 bridgehead atoms. The maximum absolute atomic E-state index is 7.74. The van der Waals surface area contributed by atoms with E-state index >= 15 is 0 Å². The fraction of sp³-hybridized carbons (Fsp3) is 0.250. The smallest absolute Gasteiger partial charge is 0.123 e. The first kappa shape index (κ1) is 18.3. The highest BCUT2D eigenvalue weighted by Crippen LogP contribution is 2.38. The SMILES string of the molecule is Cl.Cl.N=C(N)C1=CC=CC2Cc3cccc(C(=N)N)c3CC12. The summed E-state index contributed by atoms with van der Waals surface area (Å²) in [6.07, 6.45) is 7.84. The van der Waals surface area contributed by atoms with Crippen molar-refractivity contribution in [3.8, 4) is 0 Å². The van der Waals surface area contributed by atoms with Crippen molar-refractivity contribution in [1.82, 2.24) is 0 Å². The molecule has 2 atom stereocenters. The van der Waals surface area contributed by atoms with Crippen LogP contribution in [0.3, 0.4) is 0 Å². The molecular formula is C16H20Cl2N4. The molecule has 0 saturated carbocycles. The second-order valence-corrected chi connectivity index (χ2v) is 5.46. The Morgan fingerprint density at radius 1 is 1.05 bits per heavy atom. The molecule has 0 aliphatic heterocycles. The number of halogens is 2. The van der Waals surface area contributed by atoms with Gasteiger partial charge in [0.2, 0.25) is 0 Å². The summed E-state index contributed by atoms with van der Waals surface area (Å²) in [5.41, 5.74) is 15.5. The molecule has 22 heavy (non-hydrogen) atoms. The van der Waals surface area contributed by atoms with Gasteiger partial charge >= 0.3 is 0 Å². The van der Waals surface area contributed by atoms with Crippen LogP contribution in [0.5, 0.6) is 0 Å². The summed E-state index contributed by atoms with van der Waals surface area (Å²) in [7, 11) is 0. The molecule has 1 aromatic rings. The molecule has 0 radical (unpaired) electrons. The monoisotopic (exact) mass is 338 g/mol. The molecule has 0 aromatic heterocycles.